The molecule has 0 aliphatic heterocycles. The lowest BCUT2D eigenvalue weighted by molar-refractivity contribution is -0.145. The van der Waals surface area contributed by atoms with Gasteiger partial charge in [-0.05, 0) is 86.7 Å². The molecular weight excluding hydrogens is 639 g/mol. The van der Waals surface area contributed by atoms with Gasteiger partial charge in [-0.25, -0.2) is 4.79 Å². The third-order valence-corrected chi connectivity index (χ3v) is 5.76. The number of halogens is 3. The van der Waals surface area contributed by atoms with Crippen LogP contribution in [0.5, 0.6) is 5.75 Å². The minimum absolute atomic E-state index is 0.156. The number of hydrogen-bond donors (Lipinski definition) is 2. The van der Waals surface area contributed by atoms with Crippen molar-refractivity contribution in [3.8, 4) is 5.75 Å². The molecule has 0 bridgehead atoms. The smallest absolute Gasteiger partial charge is 0.344 e. The largest absolute Gasteiger partial charge is 0.479 e. The minimum atomic E-state index is -1.01. The zero-order valence-corrected chi connectivity index (χ0v) is 19.3. The number of unbranched alkanes of at least 4 members (excludes halogenated alkanes) is 1. The Labute approximate surface area is 176 Å². The SMILES string of the molecule is CCCCNC(=O)c1c(I)cc(I)c(OC(CC)C(=O)O)c1I. The summed E-state index contributed by atoms with van der Waals surface area (Å²) < 4.78 is 7.92. The fourth-order valence-corrected chi connectivity index (χ4v) is 5.92. The summed E-state index contributed by atoms with van der Waals surface area (Å²) in [5.74, 6) is -0.704. The Morgan fingerprint density at radius 1 is 1.26 bits per heavy atom. The summed E-state index contributed by atoms with van der Waals surface area (Å²) in [5.41, 5.74) is 0.540. The highest BCUT2D eigenvalue weighted by Gasteiger charge is 2.24. The molecule has 2 N–H and O–H groups in total. The molecule has 1 atom stereocenters. The van der Waals surface area contributed by atoms with Crippen molar-refractivity contribution >= 4 is 79.6 Å². The van der Waals surface area contributed by atoms with Gasteiger partial charge in [-0.1, -0.05) is 20.3 Å². The van der Waals surface area contributed by atoms with Crippen molar-refractivity contribution in [2.24, 2.45) is 0 Å². The Morgan fingerprint density at radius 2 is 1.91 bits per heavy atom. The molecule has 0 fully saturated rings. The number of hydrogen-bond acceptors (Lipinski definition) is 3. The normalized spacial score (nSPS) is 11.9. The molecule has 1 rings (SSSR count). The molecule has 0 saturated carbocycles. The molecule has 8 heteroatoms. The summed E-state index contributed by atoms with van der Waals surface area (Å²) in [6.07, 6.45) is 1.36. The summed E-state index contributed by atoms with van der Waals surface area (Å²) >= 11 is 6.27. The van der Waals surface area contributed by atoms with E-state index in [0.717, 1.165) is 20.0 Å². The highest BCUT2D eigenvalue weighted by Crippen LogP contribution is 2.34. The van der Waals surface area contributed by atoms with Crippen LogP contribution in [0.4, 0.5) is 0 Å². The summed E-state index contributed by atoms with van der Waals surface area (Å²) in [6.45, 7) is 4.44. The van der Waals surface area contributed by atoms with E-state index in [4.69, 9.17) is 4.74 Å². The average Bonchev–Trinajstić information content (AvgIpc) is 2.46. The average molecular weight is 657 g/mol. The van der Waals surface area contributed by atoms with Gasteiger partial charge in [0.15, 0.2) is 6.10 Å². The summed E-state index contributed by atoms with van der Waals surface area (Å²) in [7, 11) is 0. The molecule has 1 unspecified atom stereocenters. The maximum atomic E-state index is 12.4. The zero-order chi connectivity index (χ0) is 17.6. The van der Waals surface area contributed by atoms with E-state index < -0.39 is 12.1 Å². The number of benzene rings is 1. The number of aliphatic carboxylic acids is 1. The Morgan fingerprint density at radius 3 is 2.43 bits per heavy atom. The second-order valence-electron chi connectivity index (χ2n) is 4.82. The van der Waals surface area contributed by atoms with Gasteiger partial charge in [0.05, 0.1) is 12.7 Å². The molecule has 0 heterocycles. The monoisotopic (exact) mass is 657 g/mol. The minimum Gasteiger partial charge on any atom is -0.479 e. The molecule has 1 aromatic carbocycles. The number of amides is 1. The van der Waals surface area contributed by atoms with E-state index in [1.165, 1.54) is 0 Å². The van der Waals surface area contributed by atoms with E-state index in [0.29, 0.717) is 27.8 Å². The second-order valence-corrected chi connectivity index (χ2v) is 8.22. The predicted octanol–water partition coefficient (Wildman–Crippen LogP) is 4.27. The molecule has 23 heavy (non-hydrogen) atoms. The van der Waals surface area contributed by atoms with Crippen molar-refractivity contribution in [2.45, 2.75) is 39.2 Å². The van der Waals surface area contributed by atoms with E-state index in [9.17, 15) is 14.7 Å². The first kappa shape index (κ1) is 21.2. The molecule has 0 radical (unpaired) electrons. The summed E-state index contributed by atoms with van der Waals surface area (Å²) in [4.78, 5) is 23.6. The Balaban J connectivity index is 3.16. The van der Waals surface area contributed by atoms with Gasteiger partial charge >= 0.3 is 5.97 Å². The van der Waals surface area contributed by atoms with Gasteiger partial charge in [-0.15, -0.1) is 0 Å². The first-order chi connectivity index (χ1) is 10.8. The number of rotatable bonds is 8. The fraction of sp³-hybridized carbons (Fsp3) is 0.467. The van der Waals surface area contributed by atoms with Crippen molar-refractivity contribution in [1.82, 2.24) is 5.32 Å². The Bertz CT molecular complexity index is 593. The van der Waals surface area contributed by atoms with Crippen molar-refractivity contribution in [2.75, 3.05) is 6.54 Å². The van der Waals surface area contributed by atoms with Crippen molar-refractivity contribution in [1.29, 1.82) is 0 Å². The first-order valence-corrected chi connectivity index (χ1v) is 10.4. The number of carboxylic acids is 1. The molecular formula is C15H18I3NO4. The molecule has 0 aliphatic carbocycles. The van der Waals surface area contributed by atoms with E-state index in [1.54, 1.807) is 6.92 Å². The highest BCUT2D eigenvalue weighted by atomic mass is 127. The third kappa shape index (κ3) is 5.87. The van der Waals surface area contributed by atoms with Crippen molar-refractivity contribution in [3.63, 3.8) is 0 Å². The predicted molar refractivity (Wildman–Crippen MR) is 114 cm³/mol. The number of carbonyl (C=O) groups is 2. The summed E-state index contributed by atoms with van der Waals surface area (Å²) in [6, 6.07) is 1.84. The Hall–Kier alpha value is 0.150. The topological polar surface area (TPSA) is 75.6 Å². The standard InChI is InChI=1S/C15H18I3NO4/c1-3-5-6-19-14(20)11-8(16)7-9(17)13(12(11)18)23-10(4-2)15(21)22/h7,10H,3-6H2,1-2H3,(H,19,20)(H,21,22). The van der Waals surface area contributed by atoms with Crippen LogP contribution in [0.1, 0.15) is 43.5 Å². The van der Waals surface area contributed by atoms with Crippen LogP contribution in [0.2, 0.25) is 0 Å². The number of ether oxygens (including phenoxy) is 1. The molecule has 0 spiro atoms. The highest BCUT2D eigenvalue weighted by molar-refractivity contribution is 14.1. The molecule has 128 valence electrons. The van der Waals surface area contributed by atoms with Gasteiger partial charge in [0, 0.05) is 10.1 Å². The lowest BCUT2D eigenvalue weighted by Gasteiger charge is -2.18. The van der Waals surface area contributed by atoms with Crippen molar-refractivity contribution < 1.29 is 19.4 Å². The van der Waals surface area contributed by atoms with E-state index in [1.807, 2.05) is 6.07 Å². The van der Waals surface area contributed by atoms with Crippen LogP contribution in [0.15, 0.2) is 6.07 Å². The number of carbonyl (C=O) groups excluding carboxylic acids is 1. The molecule has 1 amide bonds. The van der Waals surface area contributed by atoms with E-state index in [2.05, 4.69) is 80.0 Å². The van der Waals surface area contributed by atoms with Gasteiger partial charge in [0.1, 0.15) is 5.75 Å². The van der Waals surface area contributed by atoms with Gasteiger partial charge < -0.3 is 15.2 Å². The van der Waals surface area contributed by atoms with Crippen LogP contribution >= 0.6 is 67.8 Å². The Kier molecular flexibility index (Phi) is 9.41. The lowest BCUT2D eigenvalue weighted by Crippen LogP contribution is -2.29. The maximum absolute atomic E-state index is 12.4. The number of nitrogens with one attached hydrogen (secondary N) is 1. The molecule has 0 aliphatic rings. The zero-order valence-electron chi connectivity index (χ0n) is 12.8. The van der Waals surface area contributed by atoms with Gasteiger partial charge in [-0.3, -0.25) is 4.79 Å². The quantitative estimate of drug-likeness (QED) is 0.324. The van der Waals surface area contributed by atoms with Crippen LogP contribution < -0.4 is 10.1 Å². The third-order valence-electron chi connectivity index (χ3n) is 3.08. The number of carboxylic acid groups (broad SMARTS) is 1. The van der Waals surface area contributed by atoms with Gasteiger partial charge in [0.25, 0.3) is 5.91 Å². The van der Waals surface area contributed by atoms with Crippen LogP contribution in [0.3, 0.4) is 0 Å². The van der Waals surface area contributed by atoms with Gasteiger partial charge in [0.2, 0.25) is 0 Å². The van der Waals surface area contributed by atoms with Gasteiger partial charge in [-0.2, -0.15) is 0 Å². The van der Waals surface area contributed by atoms with E-state index >= 15 is 0 Å². The summed E-state index contributed by atoms with van der Waals surface area (Å²) in [5, 5.41) is 12.1. The molecule has 0 saturated heterocycles. The lowest BCUT2D eigenvalue weighted by atomic mass is 10.2. The van der Waals surface area contributed by atoms with E-state index in [-0.39, 0.29) is 5.91 Å². The second kappa shape index (κ2) is 10.2. The molecule has 1 aromatic rings. The molecule has 5 nitrogen and oxygen atoms in total. The maximum Gasteiger partial charge on any atom is 0.344 e. The van der Waals surface area contributed by atoms with Crippen LogP contribution in [-0.2, 0) is 4.79 Å². The first-order valence-electron chi connectivity index (χ1n) is 7.18. The van der Waals surface area contributed by atoms with Crippen LogP contribution in [-0.4, -0.2) is 29.6 Å². The van der Waals surface area contributed by atoms with Crippen molar-refractivity contribution in [3.05, 3.63) is 22.3 Å². The van der Waals surface area contributed by atoms with Crippen LogP contribution in [0, 0.1) is 10.7 Å². The molecule has 0 aromatic heterocycles. The fourth-order valence-electron chi connectivity index (χ4n) is 1.81. The van der Waals surface area contributed by atoms with Crippen LogP contribution in [0.25, 0.3) is 0 Å².